The van der Waals surface area contributed by atoms with Crippen molar-refractivity contribution in [1.82, 2.24) is 19.3 Å². The first-order chi connectivity index (χ1) is 23.5. The topological polar surface area (TPSA) is 44.9 Å². The van der Waals surface area contributed by atoms with Crippen LogP contribution in [0.2, 0.25) is 0 Å². The second kappa shape index (κ2) is 12.7. The minimum absolute atomic E-state index is 0.437. The van der Waals surface area contributed by atoms with Gasteiger partial charge in [-0.2, -0.15) is 5.10 Å². The van der Waals surface area contributed by atoms with Gasteiger partial charge in [0.05, 0.1) is 22.9 Å². The van der Waals surface area contributed by atoms with Crippen molar-refractivity contribution < 1.29 is 4.74 Å². The van der Waals surface area contributed by atoms with Crippen LogP contribution in [0.3, 0.4) is 0 Å². The standard InChI is InChI=1S/C44H46N4O/c1-26(2)41-30(8)44(31(9)42(27(3)4)43(41)28(5)6)32-24-46-47(25-32)33-13-12-14-34(22-33)49-35-17-18-37-36-15-10-11-16-38(36)48(39(37)23-35)40-21-29(7)19-20-45-40/h10-28H,1-9H3. The summed E-state index contributed by atoms with van der Waals surface area (Å²) in [5.74, 6) is 3.75. The first kappa shape index (κ1) is 32.4. The van der Waals surface area contributed by atoms with Crippen LogP contribution in [0.25, 0.3) is 44.4 Å². The summed E-state index contributed by atoms with van der Waals surface area (Å²) in [6.07, 6.45) is 6.04. The molecule has 4 aromatic carbocycles. The zero-order valence-electron chi connectivity index (χ0n) is 30.2. The summed E-state index contributed by atoms with van der Waals surface area (Å²) in [5, 5.41) is 7.22. The van der Waals surface area contributed by atoms with Crippen LogP contribution >= 0.6 is 0 Å². The maximum atomic E-state index is 6.53. The van der Waals surface area contributed by atoms with Crippen LogP contribution in [-0.4, -0.2) is 19.3 Å². The Morgan fingerprint density at radius 3 is 2.00 bits per heavy atom. The van der Waals surface area contributed by atoms with E-state index in [-0.39, 0.29) is 0 Å². The van der Waals surface area contributed by atoms with Gasteiger partial charge in [-0.05, 0) is 120 Å². The number of rotatable bonds is 8. The van der Waals surface area contributed by atoms with E-state index in [1.165, 1.54) is 44.3 Å². The van der Waals surface area contributed by atoms with E-state index in [1.807, 2.05) is 41.3 Å². The molecule has 0 aliphatic heterocycles. The van der Waals surface area contributed by atoms with Crippen molar-refractivity contribution in [1.29, 1.82) is 0 Å². The Morgan fingerprint density at radius 2 is 1.31 bits per heavy atom. The van der Waals surface area contributed by atoms with Crippen molar-refractivity contribution in [3.63, 3.8) is 0 Å². The van der Waals surface area contributed by atoms with Gasteiger partial charge < -0.3 is 4.74 Å². The van der Waals surface area contributed by atoms with Crippen LogP contribution in [0.1, 0.15) is 92.7 Å². The summed E-state index contributed by atoms with van der Waals surface area (Å²) in [6.45, 7) is 20.6. The van der Waals surface area contributed by atoms with E-state index < -0.39 is 0 Å². The summed E-state index contributed by atoms with van der Waals surface area (Å²) in [5.41, 5.74) is 14.0. The Morgan fingerprint density at radius 1 is 0.633 bits per heavy atom. The molecule has 5 heteroatoms. The Bertz CT molecular complexity index is 2300. The number of aromatic nitrogens is 4. The molecule has 0 unspecified atom stereocenters. The lowest BCUT2D eigenvalue weighted by Crippen LogP contribution is -2.11. The third-order valence-electron chi connectivity index (χ3n) is 9.83. The number of aryl methyl sites for hydroxylation is 1. The second-order valence-corrected chi connectivity index (χ2v) is 14.3. The van der Waals surface area contributed by atoms with Gasteiger partial charge >= 0.3 is 0 Å². The quantitative estimate of drug-likeness (QED) is 0.165. The van der Waals surface area contributed by atoms with E-state index >= 15 is 0 Å². The molecule has 0 N–H and O–H groups in total. The molecule has 3 heterocycles. The molecule has 0 amide bonds. The SMILES string of the molecule is Cc1ccnc(-n2c3ccccc3c3ccc(Oc4cccc(-n5cc(-c6c(C)c(C(C)C)c(C(C)C)c(C(C)C)c6C)cn5)c4)cc32)c1. The molecular weight excluding hydrogens is 601 g/mol. The van der Waals surface area contributed by atoms with Gasteiger partial charge in [0.15, 0.2) is 0 Å². The molecule has 5 nitrogen and oxygen atoms in total. The summed E-state index contributed by atoms with van der Waals surface area (Å²) in [6, 6.07) is 27.1. The normalized spacial score (nSPS) is 11.9. The average molecular weight is 647 g/mol. The molecule has 0 spiro atoms. The van der Waals surface area contributed by atoms with Gasteiger partial charge in [-0.25, -0.2) is 9.67 Å². The Hall–Kier alpha value is -5.16. The number of benzene rings is 4. The number of fused-ring (bicyclic) bond motifs is 3. The van der Waals surface area contributed by atoms with Crippen LogP contribution < -0.4 is 4.74 Å². The number of para-hydroxylation sites is 1. The van der Waals surface area contributed by atoms with Gasteiger partial charge in [0.2, 0.25) is 0 Å². The minimum Gasteiger partial charge on any atom is -0.457 e. The van der Waals surface area contributed by atoms with Gasteiger partial charge in [0.25, 0.3) is 0 Å². The molecule has 248 valence electrons. The molecule has 0 bridgehead atoms. The van der Waals surface area contributed by atoms with Crippen LogP contribution in [0.5, 0.6) is 11.5 Å². The molecule has 0 aliphatic rings. The summed E-state index contributed by atoms with van der Waals surface area (Å²) < 4.78 is 10.7. The van der Waals surface area contributed by atoms with Gasteiger partial charge in [-0.1, -0.05) is 65.8 Å². The predicted molar refractivity (Wildman–Crippen MR) is 204 cm³/mol. The maximum absolute atomic E-state index is 6.53. The van der Waals surface area contributed by atoms with Crippen molar-refractivity contribution in [3.05, 3.63) is 131 Å². The monoisotopic (exact) mass is 646 g/mol. The summed E-state index contributed by atoms with van der Waals surface area (Å²) in [7, 11) is 0. The smallest absolute Gasteiger partial charge is 0.137 e. The van der Waals surface area contributed by atoms with Crippen LogP contribution in [0.15, 0.2) is 97.5 Å². The summed E-state index contributed by atoms with van der Waals surface area (Å²) >= 11 is 0. The van der Waals surface area contributed by atoms with Crippen molar-refractivity contribution in [2.75, 3.05) is 0 Å². The van der Waals surface area contributed by atoms with Gasteiger partial charge in [-0.3, -0.25) is 4.57 Å². The molecule has 3 aromatic heterocycles. The lowest BCUT2D eigenvalue weighted by atomic mass is 9.75. The van der Waals surface area contributed by atoms with E-state index in [9.17, 15) is 0 Å². The fourth-order valence-electron chi connectivity index (χ4n) is 7.96. The molecule has 0 fully saturated rings. The highest BCUT2D eigenvalue weighted by atomic mass is 16.5. The minimum atomic E-state index is 0.437. The molecule has 7 rings (SSSR count). The fraction of sp³-hybridized carbons (Fsp3) is 0.273. The molecule has 0 aliphatic carbocycles. The lowest BCUT2D eigenvalue weighted by molar-refractivity contribution is 0.483. The van der Waals surface area contributed by atoms with E-state index in [0.717, 1.165) is 45.0 Å². The van der Waals surface area contributed by atoms with Gasteiger partial charge in [0.1, 0.15) is 17.3 Å². The van der Waals surface area contributed by atoms with E-state index in [1.54, 1.807) is 0 Å². The average Bonchev–Trinajstić information content (AvgIpc) is 3.67. The number of nitrogens with zero attached hydrogens (tertiary/aromatic N) is 4. The number of pyridine rings is 1. The molecule has 0 saturated carbocycles. The highest BCUT2D eigenvalue weighted by molar-refractivity contribution is 6.09. The Kier molecular flexibility index (Phi) is 8.40. The number of hydrogen-bond acceptors (Lipinski definition) is 3. The van der Waals surface area contributed by atoms with Crippen LogP contribution in [0.4, 0.5) is 0 Å². The number of ether oxygens (including phenoxy) is 1. The van der Waals surface area contributed by atoms with Gasteiger partial charge in [0, 0.05) is 40.9 Å². The maximum Gasteiger partial charge on any atom is 0.137 e. The zero-order chi connectivity index (χ0) is 34.6. The molecular formula is C44H46N4O. The van der Waals surface area contributed by atoms with Gasteiger partial charge in [-0.15, -0.1) is 0 Å². The van der Waals surface area contributed by atoms with Crippen molar-refractivity contribution in [3.8, 4) is 34.1 Å². The number of hydrogen-bond donors (Lipinski definition) is 0. The Balaban J connectivity index is 1.26. The van der Waals surface area contributed by atoms with Crippen LogP contribution in [0, 0.1) is 20.8 Å². The fourth-order valence-corrected chi connectivity index (χ4v) is 7.96. The Labute approximate surface area is 290 Å². The molecule has 0 radical (unpaired) electrons. The summed E-state index contributed by atoms with van der Waals surface area (Å²) in [4.78, 5) is 4.73. The van der Waals surface area contributed by atoms with Crippen molar-refractivity contribution >= 4 is 21.8 Å². The van der Waals surface area contributed by atoms with Crippen molar-refractivity contribution in [2.45, 2.75) is 80.1 Å². The first-order valence-corrected chi connectivity index (χ1v) is 17.5. The lowest BCUT2D eigenvalue weighted by Gasteiger charge is -2.29. The van der Waals surface area contributed by atoms with E-state index in [0.29, 0.717) is 17.8 Å². The third kappa shape index (κ3) is 5.71. The highest BCUT2D eigenvalue weighted by Crippen LogP contribution is 2.44. The van der Waals surface area contributed by atoms with E-state index in [2.05, 4.69) is 128 Å². The molecule has 49 heavy (non-hydrogen) atoms. The largest absolute Gasteiger partial charge is 0.457 e. The first-order valence-electron chi connectivity index (χ1n) is 17.5. The molecule has 0 saturated heterocycles. The predicted octanol–water partition coefficient (Wildman–Crippen LogP) is 12.1. The highest BCUT2D eigenvalue weighted by Gasteiger charge is 2.25. The molecule has 0 atom stereocenters. The van der Waals surface area contributed by atoms with Crippen LogP contribution in [-0.2, 0) is 0 Å². The zero-order valence-corrected chi connectivity index (χ0v) is 30.2. The van der Waals surface area contributed by atoms with Crippen molar-refractivity contribution in [2.24, 2.45) is 0 Å². The second-order valence-electron chi connectivity index (χ2n) is 14.3. The third-order valence-corrected chi connectivity index (χ3v) is 9.83. The molecule has 7 aromatic rings. The van der Waals surface area contributed by atoms with E-state index in [4.69, 9.17) is 14.8 Å².